The molecule has 2 heterocycles. The molecule has 3 nitrogen and oxygen atoms in total. The maximum atomic E-state index is 14.8. The Hall–Kier alpha value is -1.39. The second-order valence-electron chi connectivity index (χ2n) is 7.34. The van der Waals surface area contributed by atoms with E-state index in [1.54, 1.807) is 6.07 Å². The topological polar surface area (TPSA) is 42.2 Å². The molecule has 0 saturated heterocycles. The molecule has 3 aliphatic rings. The van der Waals surface area contributed by atoms with E-state index in [1.165, 1.54) is 0 Å². The first-order chi connectivity index (χ1) is 11.5. The predicted molar refractivity (Wildman–Crippen MR) is 96.6 cm³/mol. The molecule has 4 rings (SSSR count). The lowest BCUT2D eigenvalue weighted by Gasteiger charge is -2.30. The van der Waals surface area contributed by atoms with Gasteiger partial charge in [-0.25, -0.2) is 9.37 Å². The van der Waals surface area contributed by atoms with Crippen LogP contribution < -0.4 is 10.6 Å². The van der Waals surface area contributed by atoms with Gasteiger partial charge in [0.25, 0.3) is 0 Å². The minimum Gasteiger partial charge on any atom is -0.330 e. The fourth-order valence-corrected chi connectivity index (χ4v) is 4.35. The van der Waals surface area contributed by atoms with Gasteiger partial charge < -0.3 is 10.6 Å². The number of nitrogens with two attached hydrogens (primary N) is 1. The van der Waals surface area contributed by atoms with Gasteiger partial charge in [0.1, 0.15) is 11.6 Å². The zero-order valence-electron chi connectivity index (χ0n) is 13.9. The number of allylic oxidation sites excluding steroid dienone is 2. The Bertz CT molecular complexity index is 726. The van der Waals surface area contributed by atoms with E-state index in [-0.39, 0.29) is 23.0 Å². The Balaban J connectivity index is 1.74. The van der Waals surface area contributed by atoms with Crippen molar-refractivity contribution in [1.82, 2.24) is 4.98 Å². The fourth-order valence-electron chi connectivity index (χ4n) is 3.93. The zero-order chi connectivity index (χ0) is 17.0. The van der Waals surface area contributed by atoms with Gasteiger partial charge in [-0.1, -0.05) is 6.58 Å². The standard InChI is InChI=1S/C19H23ClFN3/c1-10-9-24(14-3-4-14)19-15(11(10)2)7-17(21)18(23-19)12-5-13(8-22)16(20)6-12/h7,9,12-14,16H,2-6,8,22H2,1H3. The van der Waals surface area contributed by atoms with Crippen LogP contribution in [0, 0.1) is 11.7 Å². The molecule has 1 aromatic rings. The first-order valence-corrected chi connectivity index (χ1v) is 9.14. The molecule has 2 saturated carbocycles. The number of pyridine rings is 1. The molecule has 2 N–H and O–H groups in total. The minimum atomic E-state index is -0.244. The van der Waals surface area contributed by atoms with Gasteiger partial charge in [0.05, 0.1) is 5.69 Å². The maximum Gasteiger partial charge on any atom is 0.145 e. The van der Waals surface area contributed by atoms with Gasteiger partial charge in [-0.05, 0) is 62.3 Å². The largest absolute Gasteiger partial charge is 0.330 e. The monoisotopic (exact) mass is 347 g/mol. The van der Waals surface area contributed by atoms with Crippen molar-refractivity contribution in [3.8, 4) is 0 Å². The van der Waals surface area contributed by atoms with E-state index in [1.807, 2.05) is 6.92 Å². The van der Waals surface area contributed by atoms with E-state index in [2.05, 4.69) is 17.7 Å². The van der Waals surface area contributed by atoms with Crippen molar-refractivity contribution >= 4 is 23.0 Å². The summed E-state index contributed by atoms with van der Waals surface area (Å²) in [5.74, 6) is 0.900. The third-order valence-corrected chi connectivity index (χ3v) is 6.13. The van der Waals surface area contributed by atoms with Crippen LogP contribution in [0.15, 0.2) is 24.4 Å². The van der Waals surface area contributed by atoms with E-state index in [9.17, 15) is 4.39 Å². The summed E-state index contributed by atoms with van der Waals surface area (Å²) < 4.78 is 14.8. The minimum absolute atomic E-state index is 0.00822. The molecule has 2 aliphatic carbocycles. The summed E-state index contributed by atoms with van der Waals surface area (Å²) in [6.07, 6.45) is 5.98. The molecule has 0 aromatic carbocycles. The third-order valence-electron chi connectivity index (χ3n) is 5.60. The summed E-state index contributed by atoms with van der Waals surface area (Å²) in [6, 6.07) is 2.10. The molecule has 0 amide bonds. The molecule has 24 heavy (non-hydrogen) atoms. The van der Waals surface area contributed by atoms with Crippen LogP contribution in [-0.2, 0) is 0 Å². The van der Waals surface area contributed by atoms with Gasteiger partial charge in [-0.3, -0.25) is 0 Å². The van der Waals surface area contributed by atoms with Crippen molar-refractivity contribution in [2.24, 2.45) is 11.7 Å². The van der Waals surface area contributed by atoms with E-state index >= 15 is 0 Å². The van der Waals surface area contributed by atoms with Crippen molar-refractivity contribution in [3.63, 3.8) is 0 Å². The molecule has 0 spiro atoms. The van der Waals surface area contributed by atoms with Crippen LogP contribution in [-0.4, -0.2) is 22.9 Å². The number of hydrogen-bond donors (Lipinski definition) is 1. The second-order valence-corrected chi connectivity index (χ2v) is 7.90. The third kappa shape index (κ3) is 2.56. The summed E-state index contributed by atoms with van der Waals surface area (Å²) in [5, 5.41) is 0.00822. The van der Waals surface area contributed by atoms with E-state index in [0.29, 0.717) is 18.3 Å². The first kappa shape index (κ1) is 16.1. The summed E-state index contributed by atoms with van der Waals surface area (Å²) in [4.78, 5) is 6.98. The van der Waals surface area contributed by atoms with Gasteiger partial charge in [0.15, 0.2) is 0 Å². The number of rotatable bonds is 3. The number of aromatic nitrogens is 1. The second kappa shape index (κ2) is 5.85. The highest BCUT2D eigenvalue weighted by molar-refractivity contribution is 6.21. The molecule has 1 aromatic heterocycles. The molecule has 3 unspecified atom stereocenters. The van der Waals surface area contributed by atoms with Crippen LogP contribution in [0.1, 0.15) is 49.8 Å². The van der Waals surface area contributed by atoms with Crippen LogP contribution >= 0.6 is 11.6 Å². The highest BCUT2D eigenvalue weighted by Crippen LogP contribution is 2.45. The van der Waals surface area contributed by atoms with Crippen LogP contribution in [0.3, 0.4) is 0 Å². The Morgan fingerprint density at radius 3 is 2.79 bits per heavy atom. The number of anilines is 1. The first-order valence-electron chi connectivity index (χ1n) is 8.70. The summed E-state index contributed by atoms with van der Waals surface area (Å²) in [5.41, 5.74) is 9.09. The number of hydrogen-bond acceptors (Lipinski definition) is 3. The average molecular weight is 348 g/mol. The number of fused-ring (bicyclic) bond motifs is 1. The SMILES string of the molecule is C=C1C(C)=CN(C2CC2)c2nc(C3CC(Cl)C(CN)C3)c(F)cc21. The van der Waals surface area contributed by atoms with Crippen LogP contribution in [0.2, 0.25) is 0 Å². The van der Waals surface area contributed by atoms with Crippen molar-refractivity contribution < 1.29 is 4.39 Å². The van der Waals surface area contributed by atoms with E-state index < -0.39 is 0 Å². The summed E-state index contributed by atoms with van der Waals surface area (Å²) in [7, 11) is 0. The number of nitrogens with zero attached hydrogens (tertiary/aromatic N) is 2. The lowest BCUT2D eigenvalue weighted by atomic mass is 9.95. The van der Waals surface area contributed by atoms with Crippen molar-refractivity contribution in [1.29, 1.82) is 0 Å². The van der Waals surface area contributed by atoms with Crippen LogP contribution in [0.5, 0.6) is 0 Å². The average Bonchev–Trinajstić information content (AvgIpc) is 3.33. The molecular weight excluding hydrogens is 325 g/mol. The van der Waals surface area contributed by atoms with Gasteiger partial charge in [-0.2, -0.15) is 0 Å². The summed E-state index contributed by atoms with van der Waals surface area (Å²) in [6.45, 7) is 6.68. The van der Waals surface area contributed by atoms with Gasteiger partial charge in [0, 0.05) is 29.1 Å². The quantitative estimate of drug-likeness (QED) is 0.834. The van der Waals surface area contributed by atoms with Crippen LogP contribution in [0.4, 0.5) is 10.2 Å². The van der Waals surface area contributed by atoms with Crippen LogP contribution in [0.25, 0.3) is 5.57 Å². The maximum absolute atomic E-state index is 14.8. The highest BCUT2D eigenvalue weighted by atomic mass is 35.5. The highest BCUT2D eigenvalue weighted by Gasteiger charge is 2.38. The van der Waals surface area contributed by atoms with Gasteiger partial charge in [-0.15, -0.1) is 11.6 Å². The Morgan fingerprint density at radius 2 is 2.17 bits per heavy atom. The summed E-state index contributed by atoms with van der Waals surface area (Å²) >= 11 is 6.39. The molecule has 2 fully saturated rings. The van der Waals surface area contributed by atoms with E-state index in [0.717, 1.165) is 48.2 Å². The Labute approximate surface area is 147 Å². The molecule has 1 aliphatic heterocycles. The van der Waals surface area contributed by atoms with Gasteiger partial charge >= 0.3 is 0 Å². The molecule has 0 radical (unpaired) electrons. The molecular formula is C19H23ClFN3. The lowest BCUT2D eigenvalue weighted by Crippen LogP contribution is -2.26. The Morgan fingerprint density at radius 1 is 1.42 bits per heavy atom. The molecule has 128 valence electrons. The smallest absolute Gasteiger partial charge is 0.145 e. The fraction of sp³-hybridized carbons (Fsp3) is 0.526. The van der Waals surface area contributed by atoms with Crippen molar-refractivity contribution in [2.75, 3.05) is 11.4 Å². The lowest BCUT2D eigenvalue weighted by molar-refractivity contribution is 0.530. The number of halogens is 2. The van der Waals surface area contributed by atoms with E-state index in [4.69, 9.17) is 22.3 Å². The van der Waals surface area contributed by atoms with Crippen molar-refractivity contribution in [2.45, 2.75) is 49.9 Å². The molecule has 0 bridgehead atoms. The predicted octanol–water partition coefficient (Wildman–Crippen LogP) is 4.18. The normalized spacial score (nSPS) is 29.7. The molecule has 3 atom stereocenters. The number of alkyl halides is 1. The zero-order valence-corrected chi connectivity index (χ0v) is 14.7. The Kier molecular flexibility index (Phi) is 3.92. The van der Waals surface area contributed by atoms with Gasteiger partial charge in [0.2, 0.25) is 0 Å². The molecule has 5 heteroatoms. The van der Waals surface area contributed by atoms with Crippen molar-refractivity contribution in [3.05, 3.63) is 41.5 Å².